The first kappa shape index (κ1) is 33.9. The number of aromatic nitrogens is 4. The van der Waals surface area contributed by atoms with Crippen LogP contribution in [0.4, 0.5) is 0 Å². The number of pyridine rings is 2. The van der Waals surface area contributed by atoms with Crippen LogP contribution in [0.2, 0.25) is 0 Å². The van der Waals surface area contributed by atoms with E-state index in [2.05, 4.69) is 148 Å². The Labute approximate surface area is 318 Å². The van der Waals surface area contributed by atoms with E-state index in [4.69, 9.17) is 14.7 Å². The average molecular weight is 858 g/mol. The molecule has 0 saturated heterocycles. The fourth-order valence-electron chi connectivity index (χ4n) is 7.65. The van der Waals surface area contributed by atoms with Crippen molar-refractivity contribution >= 4 is 49.1 Å². The zero-order valence-electron chi connectivity index (χ0n) is 30.1. The minimum absolute atomic E-state index is 0. The molecule has 0 unspecified atom stereocenters. The van der Waals surface area contributed by atoms with Crippen molar-refractivity contribution in [3.63, 3.8) is 0 Å². The number of hydrogen-bond donors (Lipinski definition) is 0. The van der Waals surface area contributed by atoms with Gasteiger partial charge in [-0.15, -0.1) is 29.7 Å². The van der Waals surface area contributed by atoms with Gasteiger partial charge in [0.05, 0.1) is 11.3 Å². The molecule has 9 rings (SSSR count). The number of para-hydroxylation sites is 2. The van der Waals surface area contributed by atoms with E-state index < -0.39 is 0 Å². The summed E-state index contributed by atoms with van der Waals surface area (Å²) < 4.78 is 11.1. The number of ether oxygens (including phenoxy) is 1. The predicted molar refractivity (Wildman–Crippen MR) is 210 cm³/mol. The molecule has 0 saturated carbocycles. The maximum Gasteiger partial charge on any atom is 2.00 e. The van der Waals surface area contributed by atoms with Gasteiger partial charge in [0.15, 0.2) is 0 Å². The Hall–Kier alpha value is -5.25. The summed E-state index contributed by atoms with van der Waals surface area (Å²) in [7, 11) is 0. The minimum Gasteiger partial charge on any atom is -0.503 e. The first-order valence-corrected chi connectivity index (χ1v) is 17.7. The van der Waals surface area contributed by atoms with Crippen LogP contribution in [0.5, 0.6) is 11.5 Å². The van der Waals surface area contributed by atoms with Gasteiger partial charge in [-0.05, 0) is 76.9 Å². The topological polar surface area (TPSA) is 44.4 Å². The van der Waals surface area contributed by atoms with E-state index in [1.54, 1.807) is 0 Å². The van der Waals surface area contributed by atoms with Crippen LogP contribution in [0.1, 0.15) is 61.8 Å². The Morgan fingerprint density at radius 1 is 0.615 bits per heavy atom. The monoisotopic (exact) mass is 857 g/mol. The molecule has 9 aromatic rings. The van der Waals surface area contributed by atoms with Gasteiger partial charge in [0.2, 0.25) is 0 Å². The molecule has 52 heavy (non-hydrogen) atoms. The first-order valence-electron chi connectivity index (χ1n) is 17.7. The molecule has 5 aromatic carbocycles. The summed E-state index contributed by atoms with van der Waals surface area (Å²) in [6.07, 6.45) is 3.98. The molecular formula is C46H38N4OPt. The molecule has 0 fully saturated rings. The third-order valence-corrected chi connectivity index (χ3v) is 10.3. The summed E-state index contributed by atoms with van der Waals surface area (Å²) in [5, 5.41) is 5.40. The van der Waals surface area contributed by atoms with E-state index in [9.17, 15) is 0 Å². The van der Waals surface area contributed by atoms with Crippen molar-refractivity contribution in [1.82, 2.24) is 18.9 Å². The van der Waals surface area contributed by atoms with E-state index in [0.29, 0.717) is 23.3 Å². The summed E-state index contributed by atoms with van der Waals surface area (Å²) in [4.78, 5) is 9.93. The smallest absolute Gasteiger partial charge is 0.503 e. The van der Waals surface area contributed by atoms with Crippen LogP contribution in [-0.2, 0) is 21.1 Å². The largest absolute Gasteiger partial charge is 2.00 e. The molecule has 4 heterocycles. The van der Waals surface area contributed by atoms with Gasteiger partial charge in [0.25, 0.3) is 0 Å². The summed E-state index contributed by atoms with van der Waals surface area (Å²) in [5.74, 6) is 2.80. The number of rotatable bonds is 6. The Morgan fingerprint density at radius 3 is 1.94 bits per heavy atom. The van der Waals surface area contributed by atoms with Crippen molar-refractivity contribution in [2.75, 3.05) is 0 Å². The molecule has 0 bridgehead atoms. The standard InChI is InChI=1S/C46H38N4O.Pt/c1-27(2)33-14-11-15-34(28(3)4)45(33)43-26-48-46-39-23-31(18-20-35(39)36-12-7-10-17-41(36)50(43)46)51-32-19-21-38-37-13-8-9-16-40(37)49(42(38)24-32)44-22-29(5)30(6)25-47-44;/h7-22,25-28H,1-6H3;/q-2;+2. The fourth-order valence-corrected chi connectivity index (χ4v) is 7.65. The molecule has 5 nitrogen and oxygen atoms in total. The van der Waals surface area contributed by atoms with Crippen LogP contribution in [0.15, 0.2) is 109 Å². The predicted octanol–water partition coefficient (Wildman–Crippen LogP) is 12.1. The molecule has 0 amide bonds. The van der Waals surface area contributed by atoms with Crippen molar-refractivity contribution in [3.05, 3.63) is 144 Å². The van der Waals surface area contributed by atoms with Gasteiger partial charge in [0.1, 0.15) is 5.82 Å². The normalized spacial score (nSPS) is 11.8. The summed E-state index contributed by atoms with van der Waals surface area (Å²) in [6, 6.07) is 41.3. The van der Waals surface area contributed by atoms with Crippen molar-refractivity contribution < 1.29 is 25.8 Å². The molecule has 258 valence electrons. The summed E-state index contributed by atoms with van der Waals surface area (Å²) >= 11 is 0. The van der Waals surface area contributed by atoms with Gasteiger partial charge in [-0.25, -0.2) is 4.98 Å². The molecule has 6 heteroatoms. The number of imidazole rings is 1. The Balaban J connectivity index is 0.00000387. The molecule has 0 atom stereocenters. The van der Waals surface area contributed by atoms with Gasteiger partial charge in [-0.2, -0.15) is 6.07 Å². The molecule has 0 radical (unpaired) electrons. The van der Waals surface area contributed by atoms with E-state index in [0.717, 1.165) is 66.2 Å². The average Bonchev–Trinajstić information content (AvgIpc) is 3.72. The van der Waals surface area contributed by atoms with Gasteiger partial charge in [-0.3, -0.25) is 4.98 Å². The number of benzene rings is 5. The third-order valence-electron chi connectivity index (χ3n) is 10.3. The Morgan fingerprint density at radius 2 is 1.25 bits per heavy atom. The van der Waals surface area contributed by atoms with Crippen LogP contribution in [0.25, 0.3) is 66.2 Å². The fraction of sp³-hybridized carbons (Fsp3) is 0.174. The maximum atomic E-state index is 6.60. The second-order valence-electron chi connectivity index (χ2n) is 14.2. The third kappa shape index (κ3) is 5.33. The zero-order valence-corrected chi connectivity index (χ0v) is 32.3. The van der Waals surface area contributed by atoms with Crippen molar-refractivity contribution in [2.24, 2.45) is 0 Å². The van der Waals surface area contributed by atoms with Gasteiger partial charge < -0.3 is 13.7 Å². The van der Waals surface area contributed by atoms with Crippen LogP contribution in [0.3, 0.4) is 0 Å². The van der Waals surface area contributed by atoms with Crippen molar-refractivity contribution in [3.8, 4) is 28.6 Å². The number of nitrogens with zero attached hydrogens (tertiary/aromatic N) is 4. The Kier molecular flexibility index (Phi) is 8.51. The molecule has 0 spiro atoms. The van der Waals surface area contributed by atoms with Crippen LogP contribution < -0.4 is 4.74 Å². The maximum absolute atomic E-state index is 6.60. The van der Waals surface area contributed by atoms with Crippen molar-refractivity contribution in [2.45, 2.75) is 53.4 Å². The zero-order chi connectivity index (χ0) is 35.0. The second kappa shape index (κ2) is 13.1. The van der Waals surface area contributed by atoms with E-state index in [1.807, 2.05) is 24.5 Å². The molecular weight excluding hydrogens is 820 g/mol. The van der Waals surface area contributed by atoms with Crippen LogP contribution in [0, 0.1) is 26.0 Å². The first-order chi connectivity index (χ1) is 24.8. The van der Waals surface area contributed by atoms with E-state index >= 15 is 0 Å². The molecule has 0 aliphatic rings. The van der Waals surface area contributed by atoms with Gasteiger partial charge in [-0.1, -0.05) is 105 Å². The Bertz CT molecular complexity index is 2800. The quantitative estimate of drug-likeness (QED) is 0.124. The SMILES string of the molecule is Cc1cnc(-n2c3[c-]c(Oc4[c-]c5c(cc4)c4ccccc4n4c(-c6c(C(C)C)cccc6C(C)C)cnc54)ccc3c3ccccc32)cc1C.[Pt+2]. The van der Waals surface area contributed by atoms with Crippen LogP contribution >= 0.6 is 0 Å². The summed E-state index contributed by atoms with van der Waals surface area (Å²) in [5.41, 5.74) is 11.4. The van der Waals surface area contributed by atoms with E-state index in [-0.39, 0.29) is 21.1 Å². The molecule has 0 aliphatic carbocycles. The van der Waals surface area contributed by atoms with E-state index in [1.165, 1.54) is 22.3 Å². The van der Waals surface area contributed by atoms with Crippen LogP contribution in [-0.4, -0.2) is 18.9 Å². The second-order valence-corrected chi connectivity index (χ2v) is 14.2. The van der Waals surface area contributed by atoms with Gasteiger partial charge in [0, 0.05) is 40.5 Å². The number of aryl methyl sites for hydroxylation is 2. The molecule has 0 N–H and O–H groups in total. The molecule has 4 aromatic heterocycles. The van der Waals surface area contributed by atoms with Gasteiger partial charge >= 0.3 is 21.1 Å². The summed E-state index contributed by atoms with van der Waals surface area (Å²) in [6.45, 7) is 13.3. The number of hydrogen-bond acceptors (Lipinski definition) is 3. The van der Waals surface area contributed by atoms with Crippen molar-refractivity contribution in [1.29, 1.82) is 0 Å². The minimum atomic E-state index is 0. The number of fused-ring (bicyclic) bond motifs is 9. The molecule has 0 aliphatic heterocycles.